The van der Waals surface area contributed by atoms with E-state index in [4.69, 9.17) is 0 Å². The Balaban J connectivity index is 2.08. The molecule has 18 heavy (non-hydrogen) atoms. The molecule has 0 fully saturated rings. The summed E-state index contributed by atoms with van der Waals surface area (Å²) in [4.78, 5) is 4.38. The van der Waals surface area contributed by atoms with Gasteiger partial charge in [-0.25, -0.2) is 4.98 Å². The van der Waals surface area contributed by atoms with Crippen molar-refractivity contribution in [1.82, 2.24) is 24.6 Å². The highest BCUT2D eigenvalue weighted by Gasteiger charge is 2.05. The van der Waals surface area contributed by atoms with Gasteiger partial charge < -0.3 is 9.88 Å². The second-order valence-corrected chi connectivity index (χ2v) is 5.08. The first-order chi connectivity index (χ1) is 8.56. The summed E-state index contributed by atoms with van der Waals surface area (Å²) in [5.74, 6) is 0. The van der Waals surface area contributed by atoms with Crippen LogP contribution in [0.2, 0.25) is 0 Å². The van der Waals surface area contributed by atoms with E-state index in [9.17, 15) is 0 Å². The topological polar surface area (TPSA) is 47.7 Å². The van der Waals surface area contributed by atoms with Crippen molar-refractivity contribution in [3.63, 3.8) is 0 Å². The lowest BCUT2D eigenvalue weighted by atomic mass is 10.3. The molecule has 2 aromatic rings. The standard InChI is InChI=1S/C13H21N5/c1-10(2)14-5-12-7-17(9-15-12)13-6-16-18(8-13)11(3)4/h6-11,14H,5H2,1-4H3. The minimum Gasteiger partial charge on any atom is -0.309 e. The molecule has 1 N–H and O–H groups in total. The fraction of sp³-hybridized carbons (Fsp3) is 0.538. The minimum atomic E-state index is 0.379. The predicted octanol–water partition coefficient (Wildman–Crippen LogP) is 2.15. The van der Waals surface area contributed by atoms with Crippen molar-refractivity contribution in [2.75, 3.05) is 0 Å². The van der Waals surface area contributed by atoms with Gasteiger partial charge in [0, 0.05) is 31.0 Å². The van der Waals surface area contributed by atoms with Crippen molar-refractivity contribution >= 4 is 0 Å². The van der Waals surface area contributed by atoms with Crippen LogP contribution >= 0.6 is 0 Å². The lowest BCUT2D eigenvalue weighted by molar-refractivity contribution is 0.532. The summed E-state index contributed by atoms with van der Waals surface area (Å²) in [5.41, 5.74) is 2.09. The first-order valence-corrected chi connectivity index (χ1v) is 6.37. The molecule has 2 aromatic heterocycles. The molecule has 98 valence electrons. The van der Waals surface area contributed by atoms with Crippen LogP contribution in [-0.2, 0) is 6.54 Å². The van der Waals surface area contributed by atoms with E-state index < -0.39 is 0 Å². The highest BCUT2D eigenvalue weighted by molar-refractivity contribution is 5.26. The quantitative estimate of drug-likeness (QED) is 0.880. The Labute approximate surface area is 108 Å². The number of aromatic nitrogens is 4. The number of hydrogen-bond acceptors (Lipinski definition) is 3. The van der Waals surface area contributed by atoms with Gasteiger partial charge in [0.1, 0.15) is 0 Å². The zero-order valence-electron chi connectivity index (χ0n) is 11.5. The molecule has 0 aliphatic carbocycles. The average molecular weight is 247 g/mol. The smallest absolute Gasteiger partial charge is 0.0996 e. The first-order valence-electron chi connectivity index (χ1n) is 6.37. The molecule has 0 unspecified atom stereocenters. The van der Waals surface area contributed by atoms with Gasteiger partial charge in [0.15, 0.2) is 0 Å². The van der Waals surface area contributed by atoms with Crippen molar-refractivity contribution in [2.45, 2.75) is 46.3 Å². The first kappa shape index (κ1) is 12.8. The molecular weight excluding hydrogens is 226 g/mol. The van der Waals surface area contributed by atoms with Gasteiger partial charge in [0.2, 0.25) is 0 Å². The van der Waals surface area contributed by atoms with E-state index in [0.717, 1.165) is 17.9 Å². The second-order valence-electron chi connectivity index (χ2n) is 5.08. The average Bonchev–Trinajstić information content (AvgIpc) is 2.95. The minimum absolute atomic E-state index is 0.379. The van der Waals surface area contributed by atoms with E-state index in [-0.39, 0.29) is 0 Å². The Morgan fingerprint density at radius 2 is 2.00 bits per heavy atom. The van der Waals surface area contributed by atoms with E-state index in [1.807, 2.05) is 34.2 Å². The summed E-state index contributed by atoms with van der Waals surface area (Å²) in [6, 6.07) is 0.850. The van der Waals surface area contributed by atoms with Gasteiger partial charge in [-0.2, -0.15) is 5.10 Å². The molecule has 0 aliphatic rings. The number of imidazole rings is 1. The molecule has 5 heteroatoms. The van der Waals surface area contributed by atoms with Crippen molar-refractivity contribution in [3.8, 4) is 5.69 Å². The van der Waals surface area contributed by atoms with E-state index >= 15 is 0 Å². The lowest BCUT2D eigenvalue weighted by Gasteiger charge is -2.04. The van der Waals surface area contributed by atoms with Crippen molar-refractivity contribution in [1.29, 1.82) is 0 Å². The molecule has 0 amide bonds. The third kappa shape index (κ3) is 2.98. The molecule has 2 rings (SSSR count). The summed E-state index contributed by atoms with van der Waals surface area (Å²) >= 11 is 0. The molecule has 0 aliphatic heterocycles. The summed E-state index contributed by atoms with van der Waals surface area (Å²) in [7, 11) is 0. The van der Waals surface area contributed by atoms with Gasteiger partial charge in [-0.3, -0.25) is 4.68 Å². The zero-order valence-corrected chi connectivity index (χ0v) is 11.5. The van der Waals surface area contributed by atoms with E-state index in [2.05, 4.69) is 43.1 Å². The second kappa shape index (κ2) is 5.35. The van der Waals surface area contributed by atoms with Gasteiger partial charge in [-0.05, 0) is 13.8 Å². The van der Waals surface area contributed by atoms with Gasteiger partial charge >= 0.3 is 0 Å². The molecule has 0 saturated heterocycles. The maximum atomic E-state index is 4.38. The number of hydrogen-bond donors (Lipinski definition) is 1. The molecule has 0 aromatic carbocycles. The highest BCUT2D eigenvalue weighted by Crippen LogP contribution is 2.10. The van der Waals surface area contributed by atoms with Gasteiger partial charge in [0.25, 0.3) is 0 Å². The normalized spacial score (nSPS) is 11.7. The number of nitrogens with one attached hydrogen (secondary N) is 1. The Morgan fingerprint density at radius 3 is 2.61 bits per heavy atom. The molecule has 0 spiro atoms. The van der Waals surface area contributed by atoms with Crippen LogP contribution in [0.3, 0.4) is 0 Å². The third-order valence-corrected chi connectivity index (χ3v) is 2.74. The predicted molar refractivity (Wildman–Crippen MR) is 71.7 cm³/mol. The number of nitrogens with zero attached hydrogens (tertiary/aromatic N) is 4. The van der Waals surface area contributed by atoms with Gasteiger partial charge in [-0.1, -0.05) is 13.8 Å². The molecule has 0 bridgehead atoms. The molecule has 0 saturated carbocycles. The lowest BCUT2D eigenvalue weighted by Crippen LogP contribution is -2.21. The van der Waals surface area contributed by atoms with E-state index in [1.165, 1.54) is 0 Å². The Bertz CT molecular complexity index is 495. The molecule has 5 nitrogen and oxygen atoms in total. The monoisotopic (exact) mass is 247 g/mol. The van der Waals surface area contributed by atoms with Crippen molar-refractivity contribution < 1.29 is 0 Å². The Hall–Kier alpha value is -1.62. The maximum absolute atomic E-state index is 4.38. The third-order valence-electron chi connectivity index (χ3n) is 2.74. The summed E-state index contributed by atoms with van der Waals surface area (Å²) in [5, 5.41) is 7.68. The largest absolute Gasteiger partial charge is 0.309 e. The zero-order chi connectivity index (χ0) is 13.1. The fourth-order valence-corrected chi connectivity index (χ4v) is 1.65. The van der Waals surface area contributed by atoms with Crippen LogP contribution < -0.4 is 5.32 Å². The van der Waals surface area contributed by atoms with Crippen molar-refractivity contribution in [3.05, 3.63) is 30.6 Å². The van der Waals surface area contributed by atoms with E-state index in [1.54, 1.807) is 0 Å². The molecule has 0 radical (unpaired) electrons. The van der Waals surface area contributed by atoms with Crippen molar-refractivity contribution in [2.24, 2.45) is 0 Å². The van der Waals surface area contributed by atoms with Crippen LogP contribution in [-0.4, -0.2) is 25.4 Å². The number of rotatable bonds is 5. The van der Waals surface area contributed by atoms with Crippen LogP contribution in [0.25, 0.3) is 5.69 Å². The van der Waals surface area contributed by atoms with Crippen LogP contribution in [0.4, 0.5) is 0 Å². The SMILES string of the molecule is CC(C)NCc1cn(-c2cnn(C(C)C)c2)cn1. The Kier molecular flexibility index (Phi) is 3.81. The van der Waals surface area contributed by atoms with Crippen LogP contribution in [0.1, 0.15) is 39.4 Å². The van der Waals surface area contributed by atoms with Crippen LogP contribution in [0, 0.1) is 0 Å². The van der Waals surface area contributed by atoms with Crippen LogP contribution in [0.15, 0.2) is 24.9 Å². The van der Waals surface area contributed by atoms with Gasteiger partial charge in [-0.15, -0.1) is 0 Å². The highest BCUT2D eigenvalue weighted by atomic mass is 15.3. The van der Waals surface area contributed by atoms with Crippen LogP contribution in [0.5, 0.6) is 0 Å². The summed E-state index contributed by atoms with van der Waals surface area (Å²) < 4.78 is 3.95. The summed E-state index contributed by atoms with van der Waals surface area (Å²) in [6.07, 6.45) is 7.77. The van der Waals surface area contributed by atoms with Gasteiger partial charge in [0.05, 0.1) is 23.9 Å². The summed E-state index contributed by atoms with van der Waals surface area (Å²) in [6.45, 7) is 9.28. The Morgan fingerprint density at radius 1 is 1.22 bits per heavy atom. The molecule has 2 heterocycles. The molecule has 0 atom stereocenters. The maximum Gasteiger partial charge on any atom is 0.0996 e. The fourth-order valence-electron chi connectivity index (χ4n) is 1.65. The van der Waals surface area contributed by atoms with E-state index in [0.29, 0.717) is 12.1 Å². The molecular formula is C13H21N5.